The van der Waals surface area contributed by atoms with E-state index in [1.165, 1.54) is 12.1 Å². The Morgan fingerprint density at radius 1 is 1.12 bits per heavy atom. The number of carbonyl (C=O) groups excluding carboxylic acids is 1. The number of nitrogens with zero attached hydrogens (tertiary/aromatic N) is 1. The summed E-state index contributed by atoms with van der Waals surface area (Å²) in [5, 5.41) is 0. The number of rotatable bonds is 8. The summed E-state index contributed by atoms with van der Waals surface area (Å²) in [6.45, 7) is 4.00. The predicted octanol–water partition coefficient (Wildman–Crippen LogP) is 1.97. The van der Waals surface area contributed by atoms with E-state index in [0.29, 0.717) is 18.0 Å². The van der Waals surface area contributed by atoms with Gasteiger partial charge in [0.25, 0.3) is 15.9 Å². The van der Waals surface area contributed by atoms with Crippen molar-refractivity contribution < 1.29 is 17.9 Å². The largest absolute Gasteiger partial charge is 0.494 e. The lowest BCUT2D eigenvalue weighted by Gasteiger charge is -2.24. The Hall–Kier alpha value is -2.58. The number of anilines is 1. The van der Waals surface area contributed by atoms with Gasteiger partial charge in [0.2, 0.25) is 0 Å². The first-order valence-corrected chi connectivity index (χ1v) is 9.64. The lowest BCUT2D eigenvalue weighted by molar-refractivity contribution is -0.119. The van der Waals surface area contributed by atoms with Gasteiger partial charge in [-0.3, -0.25) is 14.5 Å². The Bertz CT molecular complexity index is 834. The Morgan fingerprint density at radius 2 is 1.73 bits per heavy atom. The Morgan fingerprint density at radius 3 is 2.27 bits per heavy atom. The van der Waals surface area contributed by atoms with Gasteiger partial charge in [0.1, 0.15) is 12.3 Å². The van der Waals surface area contributed by atoms with Gasteiger partial charge in [0.05, 0.1) is 17.2 Å². The van der Waals surface area contributed by atoms with Gasteiger partial charge in [-0.05, 0) is 49.7 Å². The maximum Gasteiger partial charge on any atom is 0.264 e. The monoisotopic (exact) mass is 377 g/mol. The van der Waals surface area contributed by atoms with E-state index < -0.39 is 22.5 Å². The lowest BCUT2D eigenvalue weighted by atomic mass is 10.2. The number of ether oxygens (including phenoxy) is 1. The zero-order valence-electron chi connectivity index (χ0n) is 14.8. The standard InChI is InChI=1S/C18H23N3O4S/c1-3-12-25-16-8-6-15(7-9-16)21(13-18(22)20-19)26(23,24)17-10-4-14(2)5-11-17/h4-11H,3,12-13,19H2,1-2H3,(H,20,22). The van der Waals surface area contributed by atoms with Crippen LogP contribution < -0.4 is 20.3 Å². The van der Waals surface area contributed by atoms with Crippen LogP contribution >= 0.6 is 0 Å². The number of nitrogens with two attached hydrogens (primary N) is 1. The van der Waals surface area contributed by atoms with Gasteiger partial charge in [0, 0.05) is 0 Å². The number of sulfonamides is 1. The van der Waals surface area contributed by atoms with Gasteiger partial charge in [-0.2, -0.15) is 0 Å². The van der Waals surface area contributed by atoms with Crippen LogP contribution in [0, 0.1) is 6.92 Å². The average Bonchev–Trinajstić information content (AvgIpc) is 2.65. The average molecular weight is 377 g/mol. The van der Waals surface area contributed by atoms with Crippen molar-refractivity contribution in [3.63, 3.8) is 0 Å². The molecule has 2 aromatic carbocycles. The molecule has 0 atom stereocenters. The molecule has 0 aliphatic rings. The second kappa shape index (κ2) is 8.68. The summed E-state index contributed by atoms with van der Waals surface area (Å²) < 4.78 is 32.6. The van der Waals surface area contributed by atoms with Crippen LogP contribution in [0.4, 0.5) is 5.69 Å². The van der Waals surface area contributed by atoms with Crippen molar-refractivity contribution >= 4 is 21.6 Å². The highest BCUT2D eigenvalue weighted by molar-refractivity contribution is 7.92. The number of hydrogen-bond acceptors (Lipinski definition) is 5. The maximum absolute atomic E-state index is 13.0. The highest BCUT2D eigenvalue weighted by Crippen LogP contribution is 2.26. The van der Waals surface area contributed by atoms with Crippen molar-refractivity contribution in [2.75, 3.05) is 17.5 Å². The molecule has 140 valence electrons. The van der Waals surface area contributed by atoms with E-state index >= 15 is 0 Å². The normalized spacial score (nSPS) is 11.0. The van der Waals surface area contributed by atoms with Gasteiger partial charge in [-0.25, -0.2) is 14.3 Å². The van der Waals surface area contributed by atoms with E-state index in [0.717, 1.165) is 16.3 Å². The van der Waals surface area contributed by atoms with Crippen LogP contribution in [0.5, 0.6) is 5.75 Å². The minimum absolute atomic E-state index is 0.0965. The zero-order chi connectivity index (χ0) is 19.2. The molecular weight excluding hydrogens is 354 g/mol. The van der Waals surface area contributed by atoms with Crippen LogP contribution in [0.15, 0.2) is 53.4 Å². The van der Waals surface area contributed by atoms with Crippen molar-refractivity contribution in [1.29, 1.82) is 0 Å². The third-order valence-corrected chi connectivity index (χ3v) is 5.44. The number of aryl methyl sites for hydroxylation is 1. The summed E-state index contributed by atoms with van der Waals surface area (Å²) in [5.41, 5.74) is 3.25. The number of benzene rings is 2. The second-order valence-corrected chi connectivity index (χ2v) is 7.60. The smallest absolute Gasteiger partial charge is 0.264 e. The second-order valence-electron chi connectivity index (χ2n) is 5.73. The lowest BCUT2D eigenvalue weighted by Crippen LogP contribution is -2.43. The minimum atomic E-state index is -3.93. The van der Waals surface area contributed by atoms with E-state index in [-0.39, 0.29) is 4.90 Å². The molecule has 2 aromatic rings. The van der Waals surface area contributed by atoms with Gasteiger partial charge in [-0.15, -0.1) is 0 Å². The van der Waals surface area contributed by atoms with E-state index in [1.54, 1.807) is 36.4 Å². The summed E-state index contributed by atoms with van der Waals surface area (Å²) in [7, 11) is -3.93. The first-order valence-electron chi connectivity index (χ1n) is 8.20. The summed E-state index contributed by atoms with van der Waals surface area (Å²) in [6, 6.07) is 13.0. The summed E-state index contributed by atoms with van der Waals surface area (Å²) in [4.78, 5) is 11.9. The maximum atomic E-state index is 13.0. The van der Waals surface area contributed by atoms with Gasteiger partial charge in [0.15, 0.2) is 0 Å². The van der Waals surface area contributed by atoms with Gasteiger partial charge in [-0.1, -0.05) is 24.6 Å². The number of nitrogens with one attached hydrogen (secondary N) is 1. The quantitative estimate of drug-likeness (QED) is 0.416. The van der Waals surface area contributed by atoms with Crippen LogP contribution in [0.1, 0.15) is 18.9 Å². The van der Waals surface area contributed by atoms with E-state index in [1.807, 2.05) is 19.3 Å². The molecule has 7 nitrogen and oxygen atoms in total. The first kappa shape index (κ1) is 19.7. The highest BCUT2D eigenvalue weighted by Gasteiger charge is 2.27. The molecule has 8 heteroatoms. The van der Waals surface area contributed by atoms with E-state index in [2.05, 4.69) is 0 Å². The molecule has 0 aliphatic carbocycles. The Kier molecular flexibility index (Phi) is 6.59. The fraction of sp³-hybridized carbons (Fsp3) is 0.278. The van der Waals surface area contributed by atoms with E-state index in [4.69, 9.17) is 10.6 Å². The zero-order valence-corrected chi connectivity index (χ0v) is 15.6. The molecule has 0 radical (unpaired) electrons. The van der Waals surface area contributed by atoms with Crippen LogP contribution in [0.3, 0.4) is 0 Å². The molecule has 1 amide bonds. The molecule has 26 heavy (non-hydrogen) atoms. The molecule has 3 N–H and O–H groups in total. The third kappa shape index (κ3) is 4.74. The fourth-order valence-electron chi connectivity index (χ4n) is 2.26. The number of hydrogen-bond donors (Lipinski definition) is 2. The van der Waals surface area contributed by atoms with Crippen molar-refractivity contribution in [2.24, 2.45) is 5.84 Å². The summed E-state index contributed by atoms with van der Waals surface area (Å²) in [5.74, 6) is 5.15. The molecule has 0 fully saturated rings. The molecule has 0 heterocycles. The van der Waals surface area contributed by atoms with E-state index in [9.17, 15) is 13.2 Å². The Balaban J connectivity index is 2.39. The molecule has 0 bridgehead atoms. The molecule has 2 rings (SSSR count). The predicted molar refractivity (Wildman–Crippen MR) is 100 cm³/mol. The topological polar surface area (TPSA) is 102 Å². The van der Waals surface area contributed by atoms with Crippen LogP contribution in [-0.2, 0) is 14.8 Å². The van der Waals surface area contributed by atoms with Crippen molar-refractivity contribution in [3.05, 3.63) is 54.1 Å². The fourth-order valence-corrected chi connectivity index (χ4v) is 3.68. The molecule has 0 saturated heterocycles. The highest BCUT2D eigenvalue weighted by atomic mass is 32.2. The number of hydrazine groups is 1. The summed E-state index contributed by atoms with van der Waals surface area (Å²) in [6.07, 6.45) is 0.867. The molecule has 0 aliphatic heterocycles. The number of carbonyl (C=O) groups is 1. The molecule has 0 aromatic heterocycles. The van der Waals surface area contributed by atoms with Crippen molar-refractivity contribution in [1.82, 2.24) is 5.43 Å². The van der Waals surface area contributed by atoms with Crippen LogP contribution in [-0.4, -0.2) is 27.5 Å². The van der Waals surface area contributed by atoms with Crippen LogP contribution in [0.2, 0.25) is 0 Å². The SMILES string of the molecule is CCCOc1ccc(N(CC(=O)NN)S(=O)(=O)c2ccc(C)cc2)cc1. The summed E-state index contributed by atoms with van der Waals surface area (Å²) >= 11 is 0. The van der Waals surface area contributed by atoms with Crippen molar-refractivity contribution in [3.8, 4) is 5.75 Å². The van der Waals surface area contributed by atoms with Crippen molar-refractivity contribution in [2.45, 2.75) is 25.2 Å². The molecule has 0 spiro atoms. The van der Waals surface area contributed by atoms with Gasteiger partial charge < -0.3 is 4.74 Å². The first-order chi connectivity index (χ1) is 12.4. The van der Waals surface area contributed by atoms with Gasteiger partial charge >= 0.3 is 0 Å². The molecule has 0 saturated carbocycles. The molecule has 0 unspecified atom stereocenters. The van der Waals surface area contributed by atoms with Crippen LogP contribution in [0.25, 0.3) is 0 Å². The third-order valence-electron chi connectivity index (χ3n) is 3.65. The Labute approximate surface area is 153 Å². The number of amides is 1. The molecular formula is C18H23N3O4S. The minimum Gasteiger partial charge on any atom is -0.494 e.